The van der Waals surface area contributed by atoms with E-state index in [9.17, 15) is 0 Å². The molecule has 1 aromatic carbocycles. The van der Waals surface area contributed by atoms with Crippen LogP contribution in [0.5, 0.6) is 0 Å². The molecule has 0 bridgehead atoms. The second-order valence-corrected chi connectivity index (χ2v) is 6.68. The smallest absolute Gasteiger partial charge is 0.399 e. The fourth-order valence-electron chi connectivity index (χ4n) is 2.26. The Hall–Kier alpha value is -1.30. The highest BCUT2D eigenvalue weighted by molar-refractivity contribution is 6.62. The summed E-state index contributed by atoms with van der Waals surface area (Å²) >= 11 is 6.38. The normalized spacial score (nSPS) is 20.0. The number of aromatic nitrogens is 2. The topological polar surface area (TPSA) is 36.3 Å². The number of benzene rings is 1. The van der Waals surface area contributed by atoms with Crippen molar-refractivity contribution in [1.29, 1.82) is 0 Å². The molecule has 0 saturated carbocycles. The molecule has 1 aromatic heterocycles. The Labute approximate surface area is 130 Å². The Balaban J connectivity index is 1.90. The summed E-state index contributed by atoms with van der Waals surface area (Å²) in [6, 6.07) is 5.81. The number of rotatable bonds is 2. The number of hydrogen-bond donors (Lipinski definition) is 0. The van der Waals surface area contributed by atoms with E-state index in [4.69, 9.17) is 20.9 Å². The van der Waals surface area contributed by atoms with Gasteiger partial charge in [0.2, 0.25) is 0 Å². The van der Waals surface area contributed by atoms with Crippen molar-refractivity contribution in [1.82, 2.24) is 9.55 Å². The molecule has 0 amide bonds. The summed E-state index contributed by atoms with van der Waals surface area (Å²) in [4.78, 5) is 4.03. The molecule has 4 nitrogen and oxygen atoms in total. The first kappa shape index (κ1) is 14.6. The maximum Gasteiger partial charge on any atom is 0.494 e. The van der Waals surface area contributed by atoms with E-state index in [1.165, 1.54) is 0 Å². The lowest BCUT2D eigenvalue weighted by atomic mass is 9.79. The van der Waals surface area contributed by atoms with Gasteiger partial charge in [-0.3, -0.25) is 0 Å². The highest BCUT2D eigenvalue weighted by Gasteiger charge is 2.51. The SMILES string of the molecule is CC1(C)OB(c2ccc(-n3ccnc3)c(Cl)c2)OC1(C)C. The summed E-state index contributed by atoms with van der Waals surface area (Å²) in [5.41, 5.74) is 1.09. The van der Waals surface area contributed by atoms with Gasteiger partial charge in [-0.15, -0.1) is 0 Å². The van der Waals surface area contributed by atoms with Gasteiger partial charge in [-0.05, 0) is 45.3 Å². The first-order chi connectivity index (χ1) is 9.80. The van der Waals surface area contributed by atoms with E-state index in [2.05, 4.69) is 4.98 Å². The molecule has 0 aliphatic carbocycles. The quantitative estimate of drug-likeness (QED) is 0.801. The average molecular weight is 305 g/mol. The lowest BCUT2D eigenvalue weighted by Crippen LogP contribution is -2.41. The van der Waals surface area contributed by atoms with Gasteiger partial charge in [0.1, 0.15) is 0 Å². The zero-order chi connectivity index (χ0) is 15.3. The van der Waals surface area contributed by atoms with Crippen LogP contribution >= 0.6 is 11.6 Å². The van der Waals surface area contributed by atoms with Crippen LogP contribution in [0.4, 0.5) is 0 Å². The molecule has 2 heterocycles. The van der Waals surface area contributed by atoms with Gasteiger partial charge in [0.05, 0.1) is 28.2 Å². The van der Waals surface area contributed by atoms with Crippen molar-refractivity contribution in [2.45, 2.75) is 38.9 Å². The Morgan fingerprint density at radius 2 is 1.81 bits per heavy atom. The van der Waals surface area contributed by atoms with E-state index in [1.807, 2.05) is 56.7 Å². The summed E-state index contributed by atoms with van der Waals surface area (Å²) < 4.78 is 13.9. The van der Waals surface area contributed by atoms with Crippen LogP contribution in [0.1, 0.15) is 27.7 Å². The van der Waals surface area contributed by atoms with Crippen molar-refractivity contribution in [2.75, 3.05) is 0 Å². The molecule has 6 heteroatoms. The number of halogens is 1. The van der Waals surface area contributed by atoms with Crippen molar-refractivity contribution in [3.8, 4) is 5.69 Å². The first-order valence-corrected chi connectivity index (χ1v) is 7.31. The molecule has 0 N–H and O–H groups in total. The third kappa shape index (κ3) is 2.50. The Bertz CT molecular complexity index is 640. The van der Waals surface area contributed by atoms with Gasteiger partial charge in [-0.1, -0.05) is 17.7 Å². The molecule has 3 rings (SSSR count). The van der Waals surface area contributed by atoms with Crippen LogP contribution in [0.3, 0.4) is 0 Å². The van der Waals surface area contributed by atoms with E-state index < -0.39 is 7.12 Å². The van der Waals surface area contributed by atoms with Gasteiger partial charge in [-0.2, -0.15) is 0 Å². The average Bonchev–Trinajstić information content (AvgIpc) is 2.96. The molecule has 1 aliphatic heterocycles. The van der Waals surface area contributed by atoms with Crippen molar-refractivity contribution in [2.24, 2.45) is 0 Å². The summed E-state index contributed by atoms with van der Waals surface area (Å²) in [6.07, 6.45) is 5.30. The molecule has 0 radical (unpaired) electrons. The minimum absolute atomic E-state index is 0.354. The van der Waals surface area contributed by atoms with Gasteiger partial charge in [0.25, 0.3) is 0 Å². The van der Waals surface area contributed by atoms with Crippen LogP contribution in [-0.2, 0) is 9.31 Å². The van der Waals surface area contributed by atoms with Crippen LogP contribution < -0.4 is 5.46 Å². The van der Waals surface area contributed by atoms with Crippen LogP contribution in [0.15, 0.2) is 36.9 Å². The van der Waals surface area contributed by atoms with Crippen molar-refractivity contribution < 1.29 is 9.31 Å². The monoisotopic (exact) mass is 304 g/mol. The third-order valence-corrected chi connectivity index (χ3v) is 4.58. The highest BCUT2D eigenvalue weighted by atomic mass is 35.5. The van der Waals surface area contributed by atoms with E-state index in [1.54, 1.807) is 12.5 Å². The third-order valence-electron chi connectivity index (χ3n) is 4.28. The van der Waals surface area contributed by atoms with Gasteiger partial charge in [0.15, 0.2) is 0 Å². The minimum atomic E-state index is -0.399. The molecular weight excluding hydrogens is 286 g/mol. The number of nitrogens with zero attached hydrogens (tertiary/aromatic N) is 2. The molecule has 0 spiro atoms. The van der Waals surface area contributed by atoms with Gasteiger partial charge in [-0.25, -0.2) is 4.98 Å². The predicted octanol–water partition coefficient (Wildman–Crippen LogP) is 2.82. The van der Waals surface area contributed by atoms with Gasteiger partial charge < -0.3 is 13.9 Å². The Morgan fingerprint density at radius 3 is 2.33 bits per heavy atom. The number of imidazole rings is 1. The Morgan fingerprint density at radius 1 is 1.14 bits per heavy atom. The molecule has 0 unspecified atom stereocenters. The fourth-order valence-corrected chi connectivity index (χ4v) is 2.55. The van der Waals surface area contributed by atoms with Crippen molar-refractivity contribution in [3.05, 3.63) is 41.9 Å². The molecule has 0 atom stereocenters. The molecule has 1 aliphatic rings. The standard InChI is InChI=1S/C15H18BClN2O2/c1-14(2)15(3,4)21-16(20-14)11-5-6-13(12(17)9-11)19-8-7-18-10-19/h5-10H,1-4H3. The molecule has 110 valence electrons. The van der Waals surface area contributed by atoms with E-state index >= 15 is 0 Å². The molecule has 1 fully saturated rings. The summed E-state index contributed by atoms with van der Waals surface area (Å²) in [5.74, 6) is 0. The second kappa shape index (κ2) is 4.87. The fraction of sp³-hybridized carbons (Fsp3) is 0.400. The molecule has 2 aromatic rings. The van der Waals surface area contributed by atoms with Crippen LogP contribution in [-0.4, -0.2) is 27.9 Å². The zero-order valence-electron chi connectivity index (χ0n) is 12.6. The minimum Gasteiger partial charge on any atom is -0.399 e. The summed E-state index contributed by atoms with van der Waals surface area (Å²) in [6.45, 7) is 8.14. The van der Waals surface area contributed by atoms with Crippen LogP contribution in [0.25, 0.3) is 5.69 Å². The summed E-state index contributed by atoms with van der Waals surface area (Å²) in [5, 5.41) is 0.639. The van der Waals surface area contributed by atoms with Crippen molar-refractivity contribution >= 4 is 24.2 Å². The summed E-state index contributed by atoms with van der Waals surface area (Å²) in [7, 11) is -0.399. The molecule has 1 saturated heterocycles. The van der Waals surface area contributed by atoms with E-state index in [0.717, 1.165) is 11.2 Å². The van der Waals surface area contributed by atoms with Gasteiger partial charge in [0, 0.05) is 12.4 Å². The lowest BCUT2D eigenvalue weighted by molar-refractivity contribution is 0.00578. The number of hydrogen-bond acceptors (Lipinski definition) is 3. The van der Waals surface area contributed by atoms with Gasteiger partial charge >= 0.3 is 7.12 Å². The second-order valence-electron chi connectivity index (χ2n) is 6.27. The lowest BCUT2D eigenvalue weighted by Gasteiger charge is -2.32. The zero-order valence-corrected chi connectivity index (χ0v) is 13.4. The predicted molar refractivity (Wildman–Crippen MR) is 84.3 cm³/mol. The Kier molecular flexibility index (Phi) is 3.39. The maximum atomic E-state index is 6.38. The first-order valence-electron chi connectivity index (χ1n) is 6.94. The largest absolute Gasteiger partial charge is 0.494 e. The van der Waals surface area contributed by atoms with Crippen LogP contribution in [0, 0.1) is 0 Å². The molecular formula is C15H18BClN2O2. The highest BCUT2D eigenvalue weighted by Crippen LogP contribution is 2.36. The molecule has 21 heavy (non-hydrogen) atoms. The van der Waals surface area contributed by atoms with E-state index in [-0.39, 0.29) is 11.2 Å². The maximum absolute atomic E-state index is 6.38. The van der Waals surface area contributed by atoms with Crippen molar-refractivity contribution in [3.63, 3.8) is 0 Å². The van der Waals surface area contributed by atoms with E-state index in [0.29, 0.717) is 5.02 Å². The van der Waals surface area contributed by atoms with Crippen LogP contribution in [0.2, 0.25) is 5.02 Å².